The van der Waals surface area contributed by atoms with Crippen molar-refractivity contribution in [1.29, 1.82) is 0 Å². The average molecular weight is 317 g/mol. The molecule has 0 aromatic carbocycles. The molecule has 0 unspecified atom stereocenters. The highest BCUT2D eigenvalue weighted by Crippen LogP contribution is 2.33. The monoisotopic (exact) mass is 317 g/mol. The summed E-state index contributed by atoms with van der Waals surface area (Å²) in [7, 11) is 0. The van der Waals surface area contributed by atoms with Crippen LogP contribution in [0.4, 0.5) is 0 Å². The van der Waals surface area contributed by atoms with Gasteiger partial charge in [0.25, 0.3) is 0 Å². The zero-order chi connectivity index (χ0) is 15.5. The van der Waals surface area contributed by atoms with E-state index in [1.54, 1.807) is 6.33 Å². The Morgan fingerprint density at radius 2 is 1.86 bits per heavy atom. The van der Waals surface area contributed by atoms with Gasteiger partial charge >= 0.3 is 0 Å². The summed E-state index contributed by atoms with van der Waals surface area (Å²) in [5, 5.41) is 5.14. The maximum Gasteiger partial charge on any atom is 0.189 e. The van der Waals surface area contributed by atoms with E-state index in [1.807, 2.05) is 19.9 Å². The molecular formula is C16H23N5S. The number of hydrogen-bond acceptors (Lipinski definition) is 4. The highest BCUT2D eigenvalue weighted by molar-refractivity contribution is 7.80. The summed E-state index contributed by atoms with van der Waals surface area (Å²) in [4.78, 5) is 10.6. The first-order chi connectivity index (χ1) is 10.6. The van der Waals surface area contributed by atoms with Gasteiger partial charge in [-0.2, -0.15) is 5.10 Å². The second-order valence-corrected chi connectivity index (χ2v) is 6.84. The smallest absolute Gasteiger partial charge is 0.189 e. The molecule has 1 aromatic rings. The summed E-state index contributed by atoms with van der Waals surface area (Å²) < 4.78 is 0. The highest BCUT2D eigenvalue weighted by Gasteiger charge is 2.30. The standard InChI is InChI=1S/C16H23N5S/c1-11-7-15(18-10-17-11)12(2)19-20-16(22)21-8-13-3-4-14(9-21)6-5-13/h7,10,13-14H,3-6,8-9H2,1-2H3,(H,20,22)/b19-12-. The Hall–Kier alpha value is -1.56. The van der Waals surface area contributed by atoms with Crippen LogP contribution in [-0.4, -0.2) is 38.8 Å². The molecular weight excluding hydrogens is 294 g/mol. The molecule has 2 saturated heterocycles. The lowest BCUT2D eigenvalue weighted by Gasteiger charge is -2.24. The van der Waals surface area contributed by atoms with Crippen LogP contribution in [-0.2, 0) is 0 Å². The van der Waals surface area contributed by atoms with Gasteiger partial charge in [0.2, 0.25) is 0 Å². The number of nitrogens with one attached hydrogen (secondary N) is 1. The Labute approximate surface area is 137 Å². The van der Waals surface area contributed by atoms with Crippen molar-refractivity contribution in [2.45, 2.75) is 39.5 Å². The van der Waals surface area contributed by atoms with Crippen LogP contribution in [0.3, 0.4) is 0 Å². The van der Waals surface area contributed by atoms with Gasteiger partial charge in [-0.3, -0.25) is 5.43 Å². The van der Waals surface area contributed by atoms with E-state index in [2.05, 4.69) is 25.4 Å². The third-order valence-electron chi connectivity index (χ3n) is 4.70. The minimum absolute atomic E-state index is 0.740. The molecule has 22 heavy (non-hydrogen) atoms. The third-order valence-corrected chi connectivity index (χ3v) is 5.05. The molecule has 0 radical (unpaired) electrons. The first kappa shape index (κ1) is 15.3. The molecule has 0 atom stereocenters. The molecule has 1 aliphatic carbocycles. The van der Waals surface area contributed by atoms with E-state index in [1.165, 1.54) is 25.7 Å². The normalized spacial score (nSPS) is 25.0. The fraction of sp³-hybridized carbons (Fsp3) is 0.625. The first-order valence-electron chi connectivity index (χ1n) is 8.00. The molecule has 3 aliphatic rings. The van der Waals surface area contributed by atoms with Gasteiger partial charge in [0.15, 0.2) is 5.11 Å². The first-order valence-corrected chi connectivity index (χ1v) is 8.41. The molecule has 0 amide bonds. The summed E-state index contributed by atoms with van der Waals surface area (Å²) >= 11 is 5.54. The zero-order valence-corrected chi connectivity index (χ0v) is 14.1. The average Bonchev–Trinajstić information content (AvgIpc) is 2.86. The minimum Gasteiger partial charge on any atom is -0.347 e. The molecule has 5 nitrogen and oxygen atoms in total. The van der Waals surface area contributed by atoms with Crippen molar-refractivity contribution >= 4 is 23.0 Å². The van der Waals surface area contributed by atoms with Gasteiger partial charge in [-0.25, -0.2) is 9.97 Å². The Kier molecular flexibility index (Phi) is 4.66. The van der Waals surface area contributed by atoms with Crippen molar-refractivity contribution in [1.82, 2.24) is 20.3 Å². The van der Waals surface area contributed by atoms with Crippen molar-refractivity contribution < 1.29 is 0 Å². The third kappa shape index (κ3) is 3.61. The van der Waals surface area contributed by atoms with Crippen molar-refractivity contribution in [2.24, 2.45) is 16.9 Å². The van der Waals surface area contributed by atoms with Crippen LogP contribution in [0.2, 0.25) is 0 Å². The second kappa shape index (κ2) is 6.69. The van der Waals surface area contributed by atoms with Gasteiger partial charge in [0.1, 0.15) is 6.33 Å². The summed E-state index contributed by atoms with van der Waals surface area (Å²) in [5.41, 5.74) is 5.64. The molecule has 1 aromatic heterocycles. The van der Waals surface area contributed by atoms with Gasteiger partial charge in [-0.15, -0.1) is 0 Å². The van der Waals surface area contributed by atoms with E-state index < -0.39 is 0 Å². The van der Waals surface area contributed by atoms with Crippen LogP contribution >= 0.6 is 12.2 Å². The summed E-state index contributed by atoms with van der Waals surface area (Å²) in [6.07, 6.45) is 6.98. The van der Waals surface area contributed by atoms with E-state index >= 15 is 0 Å². The number of aromatic nitrogens is 2. The molecule has 4 rings (SSSR count). The molecule has 1 N–H and O–H groups in total. The summed E-state index contributed by atoms with van der Waals surface area (Å²) in [6.45, 7) is 6.03. The number of fused-ring (bicyclic) bond motifs is 4. The number of rotatable bonds is 2. The Morgan fingerprint density at radius 1 is 1.23 bits per heavy atom. The SMILES string of the molecule is C/C(=N/NC(=S)N1CC2CCC(CC2)C1)c1cc(C)ncn1. The Morgan fingerprint density at radius 3 is 2.45 bits per heavy atom. The Balaban J connectivity index is 1.63. The van der Waals surface area contributed by atoms with E-state index in [-0.39, 0.29) is 0 Å². The molecule has 3 heterocycles. The van der Waals surface area contributed by atoms with E-state index in [4.69, 9.17) is 12.2 Å². The zero-order valence-electron chi connectivity index (χ0n) is 13.2. The highest BCUT2D eigenvalue weighted by atomic mass is 32.1. The van der Waals surface area contributed by atoms with E-state index in [0.29, 0.717) is 0 Å². The van der Waals surface area contributed by atoms with E-state index in [9.17, 15) is 0 Å². The molecule has 118 valence electrons. The number of hydrazone groups is 1. The fourth-order valence-electron chi connectivity index (χ4n) is 3.37. The molecule has 6 heteroatoms. The number of thiocarbonyl (C=S) groups is 1. The van der Waals surface area contributed by atoms with Crippen LogP contribution in [0, 0.1) is 18.8 Å². The topological polar surface area (TPSA) is 53.4 Å². The van der Waals surface area contributed by atoms with Crippen molar-refractivity contribution in [3.05, 3.63) is 23.8 Å². The lowest BCUT2D eigenvalue weighted by molar-refractivity contribution is 0.326. The van der Waals surface area contributed by atoms with Gasteiger partial charge in [-0.1, -0.05) is 0 Å². The lowest BCUT2D eigenvalue weighted by Crippen LogP contribution is -2.40. The van der Waals surface area contributed by atoms with Crippen molar-refractivity contribution in [2.75, 3.05) is 13.1 Å². The predicted octanol–water partition coefficient (Wildman–Crippen LogP) is 2.51. The molecule has 0 spiro atoms. The van der Waals surface area contributed by atoms with Crippen LogP contribution in [0.5, 0.6) is 0 Å². The largest absolute Gasteiger partial charge is 0.347 e. The van der Waals surface area contributed by atoms with Gasteiger partial charge in [0.05, 0.1) is 11.4 Å². The van der Waals surface area contributed by atoms with Gasteiger partial charge in [0, 0.05) is 18.8 Å². The Bertz CT molecular complexity index is 564. The number of hydrogen-bond donors (Lipinski definition) is 1. The van der Waals surface area contributed by atoms with Gasteiger partial charge < -0.3 is 4.90 Å². The van der Waals surface area contributed by atoms with Crippen LogP contribution < -0.4 is 5.43 Å². The van der Waals surface area contributed by atoms with Crippen LogP contribution in [0.1, 0.15) is 44.0 Å². The minimum atomic E-state index is 0.740. The van der Waals surface area contributed by atoms with Crippen LogP contribution in [0.15, 0.2) is 17.5 Å². The number of aryl methyl sites for hydroxylation is 1. The lowest BCUT2D eigenvalue weighted by atomic mass is 9.84. The van der Waals surface area contributed by atoms with E-state index in [0.717, 1.165) is 47.1 Å². The molecule has 3 fully saturated rings. The summed E-state index contributed by atoms with van der Waals surface area (Å²) in [5.74, 6) is 1.60. The fourth-order valence-corrected chi connectivity index (χ4v) is 3.57. The van der Waals surface area contributed by atoms with Crippen LogP contribution in [0.25, 0.3) is 0 Å². The van der Waals surface area contributed by atoms with Gasteiger partial charge in [-0.05, 0) is 69.7 Å². The number of nitrogens with zero attached hydrogens (tertiary/aromatic N) is 4. The molecule has 2 bridgehead atoms. The summed E-state index contributed by atoms with van der Waals surface area (Å²) in [6, 6.07) is 1.93. The second-order valence-electron chi connectivity index (χ2n) is 6.45. The quantitative estimate of drug-likeness (QED) is 0.516. The maximum atomic E-state index is 5.54. The van der Waals surface area contributed by atoms with Crippen molar-refractivity contribution in [3.8, 4) is 0 Å². The van der Waals surface area contributed by atoms with Crippen molar-refractivity contribution in [3.63, 3.8) is 0 Å². The molecule has 2 aliphatic heterocycles. The predicted molar refractivity (Wildman–Crippen MR) is 91.7 cm³/mol. The molecule has 1 saturated carbocycles. The maximum absolute atomic E-state index is 5.54.